The minimum absolute atomic E-state index is 0.627. The van der Waals surface area contributed by atoms with Crippen LogP contribution >= 0.6 is 11.3 Å². The molecule has 14 rings (SSSR count). The first kappa shape index (κ1) is 39.2. The van der Waals surface area contributed by atoms with Gasteiger partial charge in [-0.05, 0) is 70.8 Å². The standard InChI is InChI=1S/C63H39N5S/c1-5-17-40(18-6-1)42-31-33-44(34-32-42)62-64-61(43-21-9-3-10-22-43)65-63(66-62)50-27-16-29-54-57(50)48-36-38-56-58(59(48)67(54)46-23-11-4-12-24-46)49-26-15-30-55(60(49)69-56)68-52-28-14-13-25-47(52)51-39-45(35-37-53(51)68)41-19-7-2-8-20-41/h1-39H. The number of nitrogens with zero attached hydrogens (tertiary/aromatic N) is 5. The Kier molecular flexibility index (Phi) is 9.00. The Bertz CT molecular complexity index is 4270. The highest BCUT2D eigenvalue weighted by Gasteiger charge is 2.24. The first-order valence-corrected chi connectivity index (χ1v) is 24.1. The van der Waals surface area contributed by atoms with Crippen molar-refractivity contribution >= 4 is 75.1 Å². The van der Waals surface area contributed by atoms with E-state index < -0.39 is 0 Å². The van der Waals surface area contributed by atoms with Crippen LogP contribution in [0, 0.1) is 0 Å². The van der Waals surface area contributed by atoms with Gasteiger partial charge in [-0.1, -0.05) is 188 Å². The molecule has 10 aromatic carbocycles. The maximum absolute atomic E-state index is 5.32. The summed E-state index contributed by atoms with van der Waals surface area (Å²) in [7, 11) is 0. The van der Waals surface area contributed by atoms with E-state index in [2.05, 4.69) is 221 Å². The van der Waals surface area contributed by atoms with Crippen molar-refractivity contribution in [3.63, 3.8) is 0 Å². The summed E-state index contributed by atoms with van der Waals surface area (Å²) in [5, 5.41) is 7.17. The van der Waals surface area contributed by atoms with Crippen LogP contribution in [0.3, 0.4) is 0 Å². The highest BCUT2D eigenvalue weighted by atomic mass is 32.1. The molecule has 0 fully saturated rings. The summed E-state index contributed by atoms with van der Waals surface area (Å²) in [6, 6.07) is 84.4. The molecule has 5 nitrogen and oxygen atoms in total. The topological polar surface area (TPSA) is 48.5 Å². The van der Waals surface area contributed by atoms with Crippen LogP contribution in [0.15, 0.2) is 237 Å². The van der Waals surface area contributed by atoms with E-state index in [-0.39, 0.29) is 0 Å². The van der Waals surface area contributed by atoms with Crippen LogP contribution < -0.4 is 0 Å². The number of benzene rings is 10. The lowest BCUT2D eigenvalue weighted by Gasteiger charge is -2.11. The van der Waals surface area contributed by atoms with Gasteiger partial charge in [-0.2, -0.15) is 0 Å². The molecule has 0 aliphatic carbocycles. The molecule has 6 heteroatoms. The Morgan fingerprint density at radius 2 is 0.855 bits per heavy atom. The number of rotatable bonds is 7. The molecule has 0 amide bonds. The van der Waals surface area contributed by atoms with Gasteiger partial charge in [0.15, 0.2) is 17.5 Å². The summed E-state index contributed by atoms with van der Waals surface area (Å²) in [5.41, 5.74) is 14.4. The van der Waals surface area contributed by atoms with Crippen molar-refractivity contribution in [2.45, 2.75) is 0 Å². The number of fused-ring (bicyclic) bond motifs is 10. The van der Waals surface area contributed by atoms with Crippen LogP contribution in [0.25, 0.3) is 132 Å². The third-order valence-corrected chi connectivity index (χ3v) is 14.8. The van der Waals surface area contributed by atoms with E-state index in [9.17, 15) is 0 Å². The lowest BCUT2D eigenvalue weighted by molar-refractivity contribution is 1.08. The predicted molar refractivity (Wildman–Crippen MR) is 289 cm³/mol. The zero-order chi connectivity index (χ0) is 45.4. The Hall–Kier alpha value is -8.97. The van der Waals surface area contributed by atoms with Crippen molar-refractivity contribution in [3.05, 3.63) is 237 Å². The maximum Gasteiger partial charge on any atom is 0.164 e. The van der Waals surface area contributed by atoms with Crippen molar-refractivity contribution < 1.29 is 0 Å². The Morgan fingerprint density at radius 3 is 1.59 bits per heavy atom. The van der Waals surface area contributed by atoms with Crippen LogP contribution in [-0.2, 0) is 0 Å². The van der Waals surface area contributed by atoms with Gasteiger partial charge in [0.2, 0.25) is 0 Å². The lowest BCUT2D eigenvalue weighted by Crippen LogP contribution is -2.00. The van der Waals surface area contributed by atoms with Gasteiger partial charge in [0, 0.05) is 59.4 Å². The van der Waals surface area contributed by atoms with Crippen molar-refractivity contribution in [2.24, 2.45) is 0 Å². The molecular formula is C63H39N5S. The van der Waals surface area contributed by atoms with Crippen LogP contribution in [-0.4, -0.2) is 24.1 Å². The Morgan fingerprint density at radius 1 is 0.319 bits per heavy atom. The molecule has 69 heavy (non-hydrogen) atoms. The van der Waals surface area contributed by atoms with Crippen LogP contribution in [0.4, 0.5) is 0 Å². The molecule has 4 heterocycles. The van der Waals surface area contributed by atoms with Crippen molar-refractivity contribution in [3.8, 4) is 67.8 Å². The summed E-state index contributed by atoms with van der Waals surface area (Å²) >= 11 is 1.86. The number of aromatic nitrogens is 5. The molecule has 0 spiro atoms. The quantitative estimate of drug-likeness (QED) is 0.160. The summed E-state index contributed by atoms with van der Waals surface area (Å²) < 4.78 is 7.39. The summed E-state index contributed by atoms with van der Waals surface area (Å²) in [6.45, 7) is 0. The van der Waals surface area contributed by atoms with Gasteiger partial charge in [0.25, 0.3) is 0 Å². The summed E-state index contributed by atoms with van der Waals surface area (Å²) in [4.78, 5) is 15.7. The van der Waals surface area contributed by atoms with E-state index in [4.69, 9.17) is 15.0 Å². The SMILES string of the molecule is c1ccc(-c2ccc(-c3nc(-c4ccccc4)nc(-c4cccc5c4c4ccc6sc7c(-n8c9ccccc9c9cc(-c%10ccccc%10)ccc98)cccc7c6c4n5-c4ccccc4)n3)cc2)cc1. The van der Waals surface area contributed by atoms with E-state index >= 15 is 0 Å². The zero-order valence-corrected chi connectivity index (χ0v) is 38.0. The molecule has 0 radical (unpaired) electrons. The van der Waals surface area contributed by atoms with Crippen LogP contribution in [0.1, 0.15) is 0 Å². The molecule has 4 aromatic heterocycles. The van der Waals surface area contributed by atoms with E-state index in [0.29, 0.717) is 17.5 Å². The lowest BCUT2D eigenvalue weighted by atomic mass is 10.0. The molecule has 0 saturated carbocycles. The maximum atomic E-state index is 5.32. The number of thiophene rings is 1. The fourth-order valence-electron chi connectivity index (χ4n) is 10.5. The molecule has 0 unspecified atom stereocenters. The monoisotopic (exact) mass is 897 g/mol. The highest BCUT2D eigenvalue weighted by molar-refractivity contribution is 7.26. The van der Waals surface area contributed by atoms with Gasteiger partial charge in [-0.15, -0.1) is 11.3 Å². The second-order valence-corrected chi connectivity index (χ2v) is 18.6. The molecule has 322 valence electrons. The molecule has 0 saturated heterocycles. The minimum atomic E-state index is 0.627. The van der Waals surface area contributed by atoms with Crippen molar-refractivity contribution in [2.75, 3.05) is 0 Å². The van der Waals surface area contributed by atoms with Crippen molar-refractivity contribution in [1.29, 1.82) is 0 Å². The zero-order valence-electron chi connectivity index (χ0n) is 37.2. The van der Waals surface area contributed by atoms with Crippen LogP contribution in [0.2, 0.25) is 0 Å². The average molecular weight is 898 g/mol. The fourth-order valence-corrected chi connectivity index (χ4v) is 11.7. The first-order chi connectivity index (χ1) is 34.2. The average Bonchev–Trinajstić information content (AvgIpc) is 4.09. The van der Waals surface area contributed by atoms with E-state index in [1.165, 1.54) is 64.4 Å². The molecular weight excluding hydrogens is 859 g/mol. The molecule has 0 aliphatic rings. The largest absolute Gasteiger partial charge is 0.309 e. The fraction of sp³-hybridized carbons (Fsp3) is 0. The van der Waals surface area contributed by atoms with Gasteiger partial charge < -0.3 is 9.13 Å². The van der Waals surface area contributed by atoms with Gasteiger partial charge in [-0.3, -0.25) is 0 Å². The number of para-hydroxylation sites is 2. The molecule has 0 N–H and O–H groups in total. The molecule has 0 atom stereocenters. The number of hydrogen-bond donors (Lipinski definition) is 0. The van der Waals surface area contributed by atoms with E-state index in [0.717, 1.165) is 49.7 Å². The third kappa shape index (κ3) is 6.34. The number of hydrogen-bond acceptors (Lipinski definition) is 4. The smallest absolute Gasteiger partial charge is 0.164 e. The third-order valence-electron chi connectivity index (χ3n) is 13.6. The summed E-state index contributed by atoms with van der Waals surface area (Å²) in [5.74, 6) is 1.89. The van der Waals surface area contributed by atoms with Gasteiger partial charge in [-0.25, -0.2) is 15.0 Å². The Balaban J connectivity index is 1.01. The molecule has 0 aliphatic heterocycles. The van der Waals surface area contributed by atoms with E-state index in [1.807, 2.05) is 35.6 Å². The van der Waals surface area contributed by atoms with Crippen LogP contribution in [0.5, 0.6) is 0 Å². The summed E-state index contributed by atoms with van der Waals surface area (Å²) in [6.07, 6.45) is 0. The van der Waals surface area contributed by atoms with Gasteiger partial charge in [0.1, 0.15) is 0 Å². The van der Waals surface area contributed by atoms with E-state index in [1.54, 1.807) is 0 Å². The predicted octanol–water partition coefficient (Wildman–Crippen LogP) is 16.8. The first-order valence-electron chi connectivity index (χ1n) is 23.3. The van der Waals surface area contributed by atoms with Gasteiger partial charge in [0.05, 0.1) is 32.5 Å². The Labute approximate surface area is 401 Å². The molecule has 14 aromatic rings. The highest BCUT2D eigenvalue weighted by Crippen LogP contribution is 2.47. The minimum Gasteiger partial charge on any atom is -0.309 e. The second-order valence-electron chi connectivity index (χ2n) is 17.5. The van der Waals surface area contributed by atoms with Crippen molar-refractivity contribution in [1.82, 2.24) is 24.1 Å². The second kappa shape index (κ2) is 15.8. The molecule has 0 bridgehead atoms. The normalized spacial score (nSPS) is 11.8. The van der Waals surface area contributed by atoms with Gasteiger partial charge >= 0.3 is 0 Å².